The van der Waals surface area contributed by atoms with Crippen molar-refractivity contribution in [3.8, 4) is 21.2 Å². The molecule has 4 nitrogen and oxygen atoms in total. The molecule has 6 heteroatoms. The summed E-state index contributed by atoms with van der Waals surface area (Å²) in [7, 11) is 0. The van der Waals surface area contributed by atoms with Crippen molar-refractivity contribution < 1.29 is 4.42 Å². The molecule has 4 aromatic rings. The number of thiophene rings is 1. The summed E-state index contributed by atoms with van der Waals surface area (Å²) >= 11 is 3.25. The van der Waals surface area contributed by atoms with Gasteiger partial charge in [-0.2, -0.15) is 0 Å². The lowest BCUT2D eigenvalue weighted by atomic mass is 10.2. The van der Waals surface area contributed by atoms with Gasteiger partial charge in [0.2, 0.25) is 5.89 Å². The minimum absolute atomic E-state index is 0.594. The van der Waals surface area contributed by atoms with E-state index in [2.05, 4.69) is 27.4 Å². The van der Waals surface area contributed by atoms with Gasteiger partial charge in [-0.05, 0) is 17.0 Å². The van der Waals surface area contributed by atoms with Gasteiger partial charge in [0, 0.05) is 6.20 Å². The maximum Gasteiger partial charge on any atom is 0.236 e. The smallest absolute Gasteiger partial charge is 0.236 e. The predicted octanol–water partition coefficient (Wildman–Crippen LogP) is 5.14. The zero-order chi connectivity index (χ0) is 15.5. The number of oxazole rings is 1. The molecule has 0 aliphatic rings. The van der Waals surface area contributed by atoms with Gasteiger partial charge < -0.3 is 9.73 Å². The number of nitrogens with zero attached hydrogens (tertiary/aromatic N) is 2. The third-order valence-electron chi connectivity index (χ3n) is 3.27. The highest BCUT2D eigenvalue weighted by Crippen LogP contribution is 2.29. The van der Waals surface area contributed by atoms with E-state index in [-0.39, 0.29) is 0 Å². The number of rotatable bonds is 5. The van der Waals surface area contributed by atoms with Crippen LogP contribution in [0.1, 0.15) is 5.69 Å². The van der Waals surface area contributed by atoms with Crippen LogP contribution in [0.5, 0.6) is 0 Å². The van der Waals surface area contributed by atoms with Crippen LogP contribution in [0.15, 0.2) is 64.7 Å². The van der Waals surface area contributed by atoms with E-state index < -0.39 is 0 Å². The van der Waals surface area contributed by atoms with Crippen molar-refractivity contribution in [2.75, 3.05) is 5.32 Å². The summed E-state index contributed by atoms with van der Waals surface area (Å²) in [4.78, 5) is 11.1. The van der Waals surface area contributed by atoms with E-state index in [4.69, 9.17) is 4.42 Å². The van der Waals surface area contributed by atoms with Crippen molar-refractivity contribution in [2.45, 2.75) is 6.54 Å². The molecule has 3 aromatic heterocycles. The lowest BCUT2D eigenvalue weighted by Gasteiger charge is -1.98. The molecule has 0 aliphatic carbocycles. The van der Waals surface area contributed by atoms with Crippen LogP contribution >= 0.6 is 22.7 Å². The monoisotopic (exact) mass is 339 g/mol. The molecule has 0 spiro atoms. The van der Waals surface area contributed by atoms with Crippen molar-refractivity contribution in [3.05, 3.63) is 66.0 Å². The first-order valence-electron chi connectivity index (χ1n) is 7.12. The van der Waals surface area contributed by atoms with Crippen molar-refractivity contribution >= 4 is 27.8 Å². The number of hydrogen-bond acceptors (Lipinski definition) is 6. The molecule has 4 rings (SSSR count). The van der Waals surface area contributed by atoms with Crippen LogP contribution in [-0.4, -0.2) is 9.97 Å². The minimum atomic E-state index is 0.594. The molecule has 0 atom stereocenters. The van der Waals surface area contributed by atoms with Gasteiger partial charge in [-0.3, -0.25) is 0 Å². The summed E-state index contributed by atoms with van der Waals surface area (Å²) in [5.74, 6) is 0.668. The Morgan fingerprint density at radius 1 is 1.04 bits per heavy atom. The lowest BCUT2D eigenvalue weighted by Crippen LogP contribution is -1.98. The Kier molecular flexibility index (Phi) is 3.92. The van der Waals surface area contributed by atoms with Crippen LogP contribution in [0, 0.1) is 0 Å². The summed E-state index contributed by atoms with van der Waals surface area (Å²) in [6.07, 6.45) is 3.58. The Bertz CT molecular complexity index is 882. The van der Waals surface area contributed by atoms with Crippen LogP contribution in [0.3, 0.4) is 0 Å². The number of hydrogen-bond donors (Lipinski definition) is 1. The average molecular weight is 339 g/mol. The molecule has 0 aliphatic heterocycles. The average Bonchev–Trinajstić information content (AvgIpc) is 3.33. The molecule has 0 saturated heterocycles. The van der Waals surface area contributed by atoms with E-state index in [1.165, 1.54) is 5.56 Å². The van der Waals surface area contributed by atoms with Crippen LogP contribution in [-0.2, 0) is 6.54 Å². The van der Waals surface area contributed by atoms with Gasteiger partial charge >= 0.3 is 0 Å². The summed E-state index contributed by atoms with van der Waals surface area (Å²) in [5, 5.41) is 6.19. The molecule has 0 unspecified atom stereocenters. The largest absolute Gasteiger partial charge is 0.443 e. The van der Waals surface area contributed by atoms with Crippen molar-refractivity contribution in [1.29, 1.82) is 0 Å². The summed E-state index contributed by atoms with van der Waals surface area (Å²) < 4.78 is 5.51. The second-order valence-electron chi connectivity index (χ2n) is 4.87. The van der Waals surface area contributed by atoms with Gasteiger partial charge in [-0.25, -0.2) is 9.97 Å². The molecule has 0 amide bonds. The number of nitrogens with one attached hydrogen (secondary N) is 1. The van der Waals surface area contributed by atoms with Crippen molar-refractivity contribution in [3.63, 3.8) is 0 Å². The van der Waals surface area contributed by atoms with Gasteiger partial charge in [0.1, 0.15) is 6.26 Å². The molecule has 0 bridgehead atoms. The number of thiazole rings is 1. The Labute approximate surface area is 141 Å². The van der Waals surface area contributed by atoms with Gasteiger partial charge in [-0.1, -0.05) is 47.7 Å². The van der Waals surface area contributed by atoms with Crippen LogP contribution in [0.25, 0.3) is 21.2 Å². The lowest BCUT2D eigenvalue weighted by molar-refractivity contribution is 0.574. The highest BCUT2D eigenvalue weighted by atomic mass is 32.1. The third kappa shape index (κ3) is 3.18. The number of aromatic nitrogens is 2. The number of benzene rings is 1. The molecule has 1 aromatic carbocycles. The second-order valence-corrected chi connectivity index (χ2v) is 6.85. The Balaban J connectivity index is 1.43. The standard InChI is InChI=1S/C17H13N3OS2/c1-2-5-12(6-3-1)15-10-19-17(23-15)18-9-13-11-21-16(20-13)14-7-4-8-22-14/h1-8,10-11H,9H2,(H,18,19). The molecule has 0 saturated carbocycles. The SMILES string of the molecule is c1ccc(-c2cnc(NCc3coc(-c4cccs4)n3)s2)cc1. The topological polar surface area (TPSA) is 51.0 Å². The first-order chi connectivity index (χ1) is 11.4. The van der Waals surface area contributed by atoms with Crippen LogP contribution in [0.4, 0.5) is 5.13 Å². The molecule has 3 heterocycles. The minimum Gasteiger partial charge on any atom is -0.443 e. The van der Waals surface area contributed by atoms with E-state index in [1.54, 1.807) is 28.9 Å². The Hall–Kier alpha value is -2.44. The third-order valence-corrected chi connectivity index (χ3v) is 5.13. The zero-order valence-corrected chi connectivity index (χ0v) is 13.7. The van der Waals surface area contributed by atoms with E-state index in [0.29, 0.717) is 12.4 Å². The molecule has 1 N–H and O–H groups in total. The quantitative estimate of drug-likeness (QED) is 0.547. The van der Waals surface area contributed by atoms with Gasteiger partial charge in [0.05, 0.1) is 22.0 Å². The Morgan fingerprint density at radius 2 is 1.96 bits per heavy atom. The van der Waals surface area contributed by atoms with E-state index in [1.807, 2.05) is 41.9 Å². The fraction of sp³-hybridized carbons (Fsp3) is 0.0588. The highest BCUT2D eigenvalue weighted by molar-refractivity contribution is 7.18. The van der Waals surface area contributed by atoms with Crippen LogP contribution < -0.4 is 5.32 Å². The molecule has 23 heavy (non-hydrogen) atoms. The summed E-state index contributed by atoms with van der Waals surface area (Å²) in [5.41, 5.74) is 2.05. The maximum atomic E-state index is 5.51. The first-order valence-corrected chi connectivity index (χ1v) is 8.81. The Morgan fingerprint density at radius 3 is 2.78 bits per heavy atom. The zero-order valence-electron chi connectivity index (χ0n) is 12.1. The normalized spacial score (nSPS) is 10.8. The molecule has 114 valence electrons. The fourth-order valence-electron chi connectivity index (χ4n) is 2.16. The molecule has 0 radical (unpaired) electrons. The van der Waals surface area contributed by atoms with Gasteiger partial charge in [-0.15, -0.1) is 11.3 Å². The van der Waals surface area contributed by atoms with E-state index in [9.17, 15) is 0 Å². The van der Waals surface area contributed by atoms with E-state index >= 15 is 0 Å². The first kappa shape index (κ1) is 14.2. The van der Waals surface area contributed by atoms with E-state index in [0.717, 1.165) is 20.6 Å². The predicted molar refractivity (Wildman–Crippen MR) is 94.7 cm³/mol. The summed E-state index contributed by atoms with van der Waals surface area (Å²) in [6.45, 7) is 0.594. The van der Waals surface area contributed by atoms with Gasteiger partial charge in [0.15, 0.2) is 5.13 Å². The maximum absolute atomic E-state index is 5.51. The highest BCUT2D eigenvalue weighted by Gasteiger charge is 2.08. The van der Waals surface area contributed by atoms with Crippen molar-refractivity contribution in [2.24, 2.45) is 0 Å². The summed E-state index contributed by atoms with van der Waals surface area (Å²) in [6, 6.07) is 14.2. The van der Waals surface area contributed by atoms with Crippen LogP contribution in [0.2, 0.25) is 0 Å². The second kappa shape index (κ2) is 6.36. The number of anilines is 1. The van der Waals surface area contributed by atoms with Crippen molar-refractivity contribution in [1.82, 2.24) is 9.97 Å². The molecular weight excluding hydrogens is 326 g/mol. The van der Waals surface area contributed by atoms with Gasteiger partial charge in [0.25, 0.3) is 0 Å². The molecule has 0 fully saturated rings. The fourth-order valence-corrected chi connectivity index (χ4v) is 3.63. The molecular formula is C17H13N3OS2.